The fourth-order valence-corrected chi connectivity index (χ4v) is 1.72. The van der Waals surface area contributed by atoms with Gasteiger partial charge >= 0.3 is 0 Å². The number of nitrogen functional groups attached to an aromatic ring is 1. The highest BCUT2D eigenvalue weighted by Crippen LogP contribution is 2.15. The minimum Gasteiger partial charge on any atom is -0.381 e. The Balaban J connectivity index is 2.55. The third-order valence-corrected chi connectivity index (χ3v) is 2.65. The molecule has 0 aliphatic heterocycles. The van der Waals surface area contributed by atoms with Gasteiger partial charge in [-0.15, -0.1) is 5.10 Å². The van der Waals surface area contributed by atoms with Crippen LogP contribution in [0.25, 0.3) is 5.69 Å². The number of hydrogen-bond acceptors (Lipinski definition) is 3. The summed E-state index contributed by atoms with van der Waals surface area (Å²) >= 11 is 2.26. The predicted octanol–water partition coefficient (Wildman–Crippen LogP) is 1.76. The number of aromatic nitrogens is 3. The van der Waals surface area contributed by atoms with Crippen LogP contribution in [0.4, 0.5) is 5.82 Å². The highest BCUT2D eigenvalue weighted by molar-refractivity contribution is 14.1. The second kappa shape index (κ2) is 3.56. The van der Waals surface area contributed by atoms with E-state index in [1.54, 1.807) is 4.68 Å². The molecule has 0 radical (unpaired) electrons. The summed E-state index contributed by atoms with van der Waals surface area (Å²) in [6.45, 7) is 1.90. The van der Waals surface area contributed by atoms with E-state index in [0.717, 1.165) is 15.0 Å². The third kappa shape index (κ3) is 1.59. The Bertz CT molecular complexity index is 464. The maximum atomic E-state index is 5.62. The molecule has 2 aromatic rings. The Morgan fingerprint density at radius 2 is 2.21 bits per heavy atom. The molecule has 0 bridgehead atoms. The molecular formula is C9H9IN4. The quantitative estimate of drug-likeness (QED) is 0.817. The van der Waals surface area contributed by atoms with Crippen molar-refractivity contribution < 1.29 is 0 Å². The number of halogens is 1. The lowest BCUT2D eigenvalue weighted by molar-refractivity contribution is 0.785. The molecule has 0 atom stereocenters. The van der Waals surface area contributed by atoms with E-state index in [9.17, 15) is 0 Å². The first kappa shape index (κ1) is 9.45. The summed E-state index contributed by atoms with van der Waals surface area (Å²) in [4.78, 5) is 0. The van der Waals surface area contributed by atoms with Crippen molar-refractivity contribution in [2.24, 2.45) is 0 Å². The molecule has 72 valence electrons. The van der Waals surface area contributed by atoms with E-state index in [2.05, 4.69) is 32.9 Å². The van der Waals surface area contributed by atoms with Crippen molar-refractivity contribution >= 4 is 28.4 Å². The summed E-state index contributed by atoms with van der Waals surface area (Å²) in [5, 5.41) is 7.78. The number of hydrogen-bond donors (Lipinski definition) is 1. The molecule has 1 aromatic heterocycles. The number of nitrogens with zero attached hydrogens (tertiary/aromatic N) is 3. The maximum absolute atomic E-state index is 5.62. The zero-order chi connectivity index (χ0) is 10.1. The molecule has 1 aromatic carbocycles. The van der Waals surface area contributed by atoms with Gasteiger partial charge in [-0.2, -0.15) is 0 Å². The van der Waals surface area contributed by atoms with Crippen molar-refractivity contribution in [2.75, 3.05) is 5.73 Å². The van der Waals surface area contributed by atoms with Gasteiger partial charge in [-0.05, 0) is 47.7 Å². The van der Waals surface area contributed by atoms with Crippen molar-refractivity contribution in [3.8, 4) is 5.69 Å². The SMILES string of the molecule is Cc1c(N)nnn1-c1cccc(I)c1. The lowest BCUT2D eigenvalue weighted by Crippen LogP contribution is -1.99. The average molecular weight is 300 g/mol. The van der Waals surface area contributed by atoms with Crippen LogP contribution < -0.4 is 5.73 Å². The monoisotopic (exact) mass is 300 g/mol. The van der Waals surface area contributed by atoms with E-state index in [1.165, 1.54) is 0 Å². The Morgan fingerprint density at radius 1 is 1.43 bits per heavy atom. The molecular weight excluding hydrogens is 291 g/mol. The molecule has 2 rings (SSSR count). The van der Waals surface area contributed by atoms with Crippen LogP contribution in [0.15, 0.2) is 24.3 Å². The highest BCUT2D eigenvalue weighted by atomic mass is 127. The lowest BCUT2D eigenvalue weighted by atomic mass is 10.3. The Morgan fingerprint density at radius 3 is 2.79 bits per heavy atom. The number of benzene rings is 1. The fraction of sp³-hybridized carbons (Fsp3) is 0.111. The normalized spacial score (nSPS) is 10.4. The van der Waals surface area contributed by atoms with Gasteiger partial charge in [0.2, 0.25) is 0 Å². The fourth-order valence-electron chi connectivity index (χ4n) is 1.19. The summed E-state index contributed by atoms with van der Waals surface area (Å²) in [5.74, 6) is 0.476. The van der Waals surface area contributed by atoms with Gasteiger partial charge < -0.3 is 5.73 Å². The minimum atomic E-state index is 0.476. The third-order valence-electron chi connectivity index (χ3n) is 1.98. The van der Waals surface area contributed by atoms with Crippen LogP contribution in [-0.2, 0) is 0 Å². The largest absolute Gasteiger partial charge is 0.381 e. The summed E-state index contributed by atoms with van der Waals surface area (Å²) in [7, 11) is 0. The standard InChI is InChI=1S/C9H9IN4/c1-6-9(11)12-13-14(6)8-4-2-3-7(10)5-8/h2-5H,11H2,1H3. The van der Waals surface area contributed by atoms with Gasteiger partial charge in [-0.1, -0.05) is 11.3 Å². The number of rotatable bonds is 1. The van der Waals surface area contributed by atoms with Gasteiger partial charge in [0.25, 0.3) is 0 Å². The zero-order valence-corrected chi connectivity index (χ0v) is 9.76. The second-order valence-electron chi connectivity index (χ2n) is 2.95. The Labute approximate surface area is 95.3 Å². The van der Waals surface area contributed by atoms with E-state index >= 15 is 0 Å². The van der Waals surface area contributed by atoms with E-state index in [0.29, 0.717) is 5.82 Å². The first-order valence-corrected chi connectivity index (χ1v) is 5.20. The molecule has 0 amide bonds. The Hall–Kier alpha value is -1.11. The van der Waals surface area contributed by atoms with Gasteiger partial charge in [-0.3, -0.25) is 0 Å². The molecule has 0 saturated heterocycles. The van der Waals surface area contributed by atoms with E-state index < -0.39 is 0 Å². The van der Waals surface area contributed by atoms with Crippen LogP contribution in [-0.4, -0.2) is 15.0 Å². The van der Waals surface area contributed by atoms with Crippen molar-refractivity contribution in [3.63, 3.8) is 0 Å². The topological polar surface area (TPSA) is 56.7 Å². The van der Waals surface area contributed by atoms with Crippen LogP contribution in [0.1, 0.15) is 5.69 Å². The first-order chi connectivity index (χ1) is 6.68. The molecule has 0 spiro atoms. The summed E-state index contributed by atoms with van der Waals surface area (Å²) in [5.41, 5.74) is 7.47. The van der Waals surface area contributed by atoms with Gasteiger partial charge in [0, 0.05) is 3.57 Å². The molecule has 2 N–H and O–H groups in total. The molecule has 5 heteroatoms. The average Bonchev–Trinajstić information content (AvgIpc) is 2.48. The predicted molar refractivity (Wildman–Crippen MR) is 63.2 cm³/mol. The highest BCUT2D eigenvalue weighted by Gasteiger charge is 2.06. The first-order valence-electron chi connectivity index (χ1n) is 4.12. The van der Waals surface area contributed by atoms with Gasteiger partial charge in [0.15, 0.2) is 5.82 Å². The summed E-state index contributed by atoms with van der Waals surface area (Å²) < 4.78 is 2.89. The van der Waals surface area contributed by atoms with Crippen LogP contribution in [0, 0.1) is 10.5 Å². The molecule has 4 nitrogen and oxygen atoms in total. The smallest absolute Gasteiger partial charge is 0.169 e. The van der Waals surface area contributed by atoms with Crippen molar-refractivity contribution in [3.05, 3.63) is 33.5 Å². The van der Waals surface area contributed by atoms with Crippen molar-refractivity contribution in [1.82, 2.24) is 15.0 Å². The number of anilines is 1. The molecule has 1 heterocycles. The maximum Gasteiger partial charge on any atom is 0.169 e. The van der Waals surface area contributed by atoms with Crippen LogP contribution in [0.2, 0.25) is 0 Å². The second-order valence-corrected chi connectivity index (χ2v) is 4.20. The van der Waals surface area contributed by atoms with E-state index in [1.807, 2.05) is 31.2 Å². The van der Waals surface area contributed by atoms with Gasteiger partial charge in [0.05, 0.1) is 11.4 Å². The van der Waals surface area contributed by atoms with Crippen molar-refractivity contribution in [1.29, 1.82) is 0 Å². The van der Waals surface area contributed by atoms with Crippen LogP contribution >= 0.6 is 22.6 Å². The molecule has 0 saturated carbocycles. The zero-order valence-electron chi connectivity index (χ0n) is 7.61. The van der Waals surface area contributed by atoms with Crippen LogP contribution in [0.3, 0.4) is 0 Å². The number of nitrogens with two attached hydrogens (primary N) is 1. The van der Waals surface area contributed by atoms with Gasteiger partial charge in [0.1, 0.15) is 0 Å². The van der Waals surface area contributed by atoms with E-state index in [-0.39, 0.29) is 0 Å². The summed E-state index contributed by atoms with van der Waals surface area (Å²) in [6, 6.07) is 8.01. The Kier molecular flexibility index (Phi) is 2.40. The van der Waals surface area contributed by atoms with Crippen LogP contribution in [0.5, 0.6) is 0 Å². The molecule has 0 aliphatic rings. The van der Waals surface area contributed by atoms with Crippen molar-refractivity contribution in [2.45, 2.75) is 6.92 Å². The molecule has 14 heavy (non-hydrogen) atoms. The molecule has 0 unspecified atom stereocenters. The summed E-state index contributed by atoms with van der Waals surface area (Å²) in [6.07, 6.45) is 0. The van der Waals surface area contributed by atoms with E-state index in [4.69, 9.17) is 5.73 Å². The molecule has 0 aliphatic carbocycles. The molecule has 0 fully saturated rings. The van der Waals surface area contributed by atoms with Gasteiger partial charge in [-0.25, -0.2) is 4.68 Å². The minimum absolute atomic E-state index is 0.476. The lowest BCUT2D eigenvalue weighted by Gasteiger charge is -2.02.